The van der Waals surface area contributed by atoms with Crippen LogP contribution >= 0.6 is 0 Å². The number of rotatable bonds is 11. The molecule has 47 heavy (non-hydrogen) atoms. The number of hydrogen-bond donors (Lipinski definition) is 1. The third kappa shape index (κ3) is 5.59. The van der Waals surface area contributed by atoms with Gasteiger partial charge in [0.1, 0.15) is 0 Å². The Morgan fingerprint density at radius 1 is 1.26 bits per heavy atom. The number of fused-ring (bicyclic) bond motifs is 2. The predicted octanol–water partition coefficient (Wildman–Crippen LogP) is 4.43. The van der Waals surface area contributed by atoms with Crippen molar-refractivity contribution in [1.82, 2.24) is 15.0 Å². The monoisotopic (exact) mass is 661 g/mol. The molecule has 248 valence electrons. The smallest absolute Gasteiger partial charge is 0.304 e. The minimum absolute atomic E-state index is 0.0659. The molecule has 2 fully saturated rings. The van der Waals surface area contributed by atoms with E-state index in [4.69, 9.17) is 9.47 Å². The Labute approximate surface area is 274 Å². The molecule has 1 spiro atoms. The number of carbonyl (C=O) groups is 3. The number of aromatic nitrogens is 3. The summed E-state index contributed by atoms with van der Waals surface area (Å²) < 4.78 is 30.1. The standard InChI is InChI=1S/C34H40FN5O6Si/c1-6-15-39-28-13-12-24(40-30(43)18-31(40)45-22(3)42)17-26(28)34(33(39)44)21(2)32(47(4,5)35)29(46-34)14-16-38-19-27(36-37-38)25(20-41)23-10-8-7-9-11-23/h6-13,17,19,21,25,29,31-32,41H,1,14-16,18,20H2,2-5H3/t21-,25?,29+,31?,32-,34+/m0/s1. The summed E-state index contributed by atoms with van der Waals surface area (Å²) in [6.07, 6.45) is 2.50. The lowest BCUT2D eigenvalue weighted by Gasteiger charge is -2.39. The molecule has 3 aliphatic rings. The fourth-order valence-corrected chi connectivity index (χ4v) is 10.2. The zero-order valence-corrected chi connectivity index (χ0v) is 28.0. The van der Waals surface area contributed by atoms with E-state index in [0.29, 0.717) is 35.6 Å². The van der Waals surface area contributed by atoms with Crippen molar-refractivity contribution >= 4 is 37.6 Å². The highest BCUT2D eigenvalue weighted by molar-refractivity contribution is 6.72. The van der Waals surface area contributed by atoms with Crippen molar-refractivity contribution in [3.05, 3.63) is 84.2 Å². The van der Waals surface area contributed by atoms with Gasteiger partial charge in [-0.2, -0.15) is 0 Å². The van der Waals surface area contributed by atoms with Crippen molar-refractivity contribution in [2.24, 2.45) is 5.92 Å². The van der Waals surface area contributed by atoms with E-state index in [1.165, 1.54) is 11.8 Å². The molecule has 1 N–H and O–H groups in total. The molecule has 6 rings (SSSR count). The van der Waals surface area contributed by atoms with E-state index in [1.807, 2.05) is 37.3 Å². The summed E-state index contributed by atoms with van der Waals surface area (Å²) in [6, 6.07) is 14.8. The van der Waals surface area contributed by atoms with Gasteiger partial charge in [-0.3, -0.25) is 24.0 Å². The van der Waals surface area contributed by atoms with Gasteiger partial charge in [-0.15, -0.1) is 11.7 Å². The van der Waals surface area contributed by atoms with Crippen molar-refractivity contribution in [2.45, 2.75) is 75.7 Å². The molecule has 2 aromatic carbocycles. The van der Waals surface area contributed by atoms with Gasteiger partial charge in [0.2, 0.25) is 14.3 Å². The number of anilines is 2. The summed E-state index contributed by atoms with van der Waals surface area (Å²) in [5.41, 5.74) is 1.14. The SMILES string of the molecule is C=CCN1C(=O)[C@]2(O[C@H](CCn3cc(C(CO)c4ccccc4)nn3)[C@@H]([Si](C)(C)F)[C@@H]2C)c2cc(N3C(=O)CC3OC(C)=O)ccc21. The molecule has 0 aliphatic carbocycles. The highest BCUT2D eigenvalue weighted by Crippen LogP contribution is 2.60. The van der Waals surface area contributed by atoms with E-state index >= 15 is 4.11 Å². The maximum Gasteiger partial charge on any atom is 0.304 e. The second-order valence-electron chi connectivity index (χ2n) is 13.0. The maximum atomic E-state index is 16.3. The van der Waals surface area contributed by atoms with Crippen molar-refractivity contribution in [2.75, 3.05) is 23.0 Å². The lowest BCUT2D eigenvalue weighted by Crippen LogP contribution is -2.55. The fraction of sp³-hybridized carbons (Fsp3) is 0.441. The van der Waals surface area contributed by atoms with E-state index in [0.717, 1.165) is 5.56 Å². The van der Waals surface area contributed by atoms with Crippen LogP contribution in [0.3, 0.4) is 0 Å². The molecule has 11 nitrogen and oxygen atoms in total. The van der Waals surface area contributed by atoms with Crippen LogP contribution < -0.4 is 9.80 Å². The van der Waals surface area contributed by atoms with Crippen molar-refractivity contribution < 1.29 is 33.1 Å². The number of benzene rings is 2. The van der Waals surface area contributed by atoms with E-state index in [1.54, 1.807) is 53.1 Å². The molecular weight excluding hydrogens is 621 g/mol. The van der Waals surface area contributed by atoms with E-state index in [2.05, 4.69) is 16.9 Å². The first-order valence-electron chi connectivity index (χ1n) is 15.9. The molecular formula is C34H40FN5O6Si. The Bertz CT molecular complexity index is 1700. The number of aryl methyl sites for hydroxylation is 1. The van der Waals surface area contributed by atoms with Crippen molar-refractivity contribution in [3.63, 3.8) is 0 Å². The number of amides is 2. The number of nitrogens with zero attached hydrogens (tertiary/aromatic N) is 5. The quantitative estimate of drug-likeness (QED) is 0.105. The van der Waals surface area contributed by atoms with Crippen LogP contribution in [0.15, 0.2) is 67.4 Å². The van der Waals surface area contributed by atoms with Crippen LogP contribution in [0.1, 0.15) is 49.4 Å². The maximum absolute atomic E-state index is 16.3. The Morgan fingerprint density at radius 2 is 2.00 bits per heavy atom. The molecule has 6 atom stereocenters. The average molecular weight is 662 g/mol. The van der Waals surface area contributed by atoms with Gasteiger partial charge in [-0.05, 0) is 43.3 Å². The highest BCUT2D eigenvalue weighted by Gasteiger charge is 2.66. The third-order valence-corrected chi connectivity index (χ3v) is 12.1. The fourth-order valence-electron chi connectivity index (χ4n) is 7.65. The second kappa shape index (κ2) is 12.4. The molecule has 1 aromatic heterocycles. The number of β-lactam (4-membered cyclic amide) rings is 1. The number of esters is 1. The van der Waals surface area contributed by atoms with Gasteiger partial charge >= 0.3 is 5.97 Å². The molecule has 0 radical (unpaired) electrons. The lowest BCUT2D eigenvalue weighted by molar-refractivity contribution is -0.153. The van der Waals surface area contributed by atoms with Crippen LogP contribution in [-0.4, -0.2) is 71.8 Å². The van der Waals surface area contributed by atoms with Crippen LogP contribution in [0.5, 0.6) is 0 Å². The summed E-state index contributed by atoms with van der Waals surface area (Å²) in [5, 5.41) is 18.7. The van der Waals surface area contributed by atoms with E-state index in [-0.39, 0.29) is 37.3 Å². The molecule has 2 unspecified atom stereocenters. The Hall–Kier alpha value is -4.20. The Balaban J connectivity index is 1.32. The lowest BCUT2D eigenvalue weighted by atomic mass is 9.82. The first-order valence-corrected chi connectivity index (χ1v) is 18.9. The molecule has 2 saturated heterocycles. The molecule has 3 aromatic rings. The Kier molecular flexibility index (Phi) is 8.66. The molecule has 0 bridgehead atoms. The number of aliphatic hydroxyl groups excluding tert-OH is 1. The third-order valence-electron chi connectivity index (χ3n) is 9.68. The largest absolute Gasteiger partial charge is 0.441 e. The van der Waals surface area contributed by atoms with Crippen molar-refractivity contribution in [3.8, 4) is 0 Å². The summed E-state index contributed by atoms with van der Waals surface area (Å²) in [6.45, 7) is 10.7. The van der Waals surface area contributed by atoms with E-state index < -0.39 is 43.8 Å². The zero-order valence-electron chi connectivity index (χ0n) is 27.0. The molecule has 3 aliphatic heterocycles. The number of ether oxygens (including phenoxy) is 2. The number of halogens is 1. The average Bonchev–Trinajstić information content (AvgIpc) is 3.67. The second-order valence-corrected chi connectivity index (χ2v) is 16.8. The van der Waals surface area contributed by atoms with Gasteiger partial charge in [0.25, 0.3) is 5.91 Å². The molecule has 0 saturated carbocycles. The first-order chi connectivity index (χ1) is 22.4. The van der Waals surface area contributed by atoms with E-state index in [9.17, 15) is 19.5 Å². The van der Waals surface area contributed by atoms with Gasteiger partial charge in [-0.25, -0.2) is 0 Å². The molecule has 4 heterocycles. The van der Waals surface area contributed by atoms with Gasteiger partial charge in [0.05, 0.1) is 36.4 Å². The minimum Gasteiger partial charge on any atom is -0.441 e. The number of carbonyl (C=O) groups excluding carboxylic acids is 3. The van der Waals surface area contributed by atoms with Gasteiger partial charge < -0.3 is 23.6 Å². The highest BCUT2D eigenvalue weighted by atomic mass is 28.4. The summed E-state index contributed by atoms with van der Waals surface area (Å²) in [7, 11) is -3.42. The molecule has 13 heteroatoms. The molecule has 2 amide bonds. The van der Waals surface area contributed by atoms with Gasteiger partial charge in [0.15, 0.2) is 11.8 Å². The number of aliphatic hydroxyl groups is 1. The van der Waals surface area contributed by atoms with Crippen molar-refractivity contribution in [1.29, 1.82) is 0 Å². The minimum atomic E-state index is -3.42. The summed E-state index contributed by atoms with van der Waals surface area (Å²) in [4.78, 5) is 41.7. The zero-order chi connectivity index (χ0) is 33.7. The van der Waals surface area contributed by atoms with Crippen LogP contribution in [0, 0.1) is 5.92 Å². The van der Waals surface area contributed by atoms with Crippen LogP contribution in [0.4, 0.5) is 15.5 Å². The first kappa shape index (κ1) is 32.7. The summed E-state index contributed by atoms with van der Waals surface area (Å²) >= 11 is 0. The topological polar surface area (TPSA) is 127 Å². The van der Waals surface area contributed by atoms with Crippen LogP contribution in [0.25, 0.3) is 0 Å². The van der Waals surface area contributed by atoms with Gasteiger partial charge in [-0.1, -0.05) is 48.5 Å². The van der Waals surface area contributed by atoms with Gasteiger partial charge in [0, 0.05) is 48.9 Å². The normalized spacial score (nSPS) is 26.0. The Morgan fingerprint density at radius 3 is 2.64 bits per heavy atom. The van der Waals surface area contributed by atoms with Crippen LogP contribution in [0.2, 0.25) is 18.6 Å². The summed E-state index contributed by atoms with van der Waals surface area (Å²) in [5.74, 6) is -1.88. The van der Waals surface area contributed by atoms with Crippen LogP contribution in [-0.2, 0) is 36.0 Å². The number of hydrogen-bond acceptors (Lipinski definition) is 8. The predicted molar refractivity (Wildman–Crippen MR) is 175 cm³/mol.